The molecule has 3 aromatic heterocycles. The Balaban J connectivity index is 1.05. The normalized spacial score (nSPS) is 12.8. The zero-order valence-corrected chi connectivity index (χ0v) is 31.3. The molecule has 0 spiro atoms. The van der Waals surface area contributed by atoms with Crippen molar-refractivity contribution in [1.82, 2.24) is 15.0 Å². The van der Waals surface area contributed by atoms with E-state index in [0.717, 1.165) is 48.0 Å². The summed E-state index contributed by atoms with van der Waals surface area (Å²) in [6.45, 7) is 0. The van der Waals surface area contributed by atoms with E-state index in [0.29, 0.717) is 28.6 Å². The highest BCUT2D eigenvalue weighted by atomic mass is 32.1. The Hall–Kier alpha value is -6.79. The number of aromatic nitrogens is 3. The molecular weight excluding hydrogens is 719 g/mol. The first-order chi connectivity index (χ1) is 29.8. The van der Waals surface area contributed by atoms with Crippen LogP contribution in [0.4, 0.5) is 0 Å². The Kier molecular flexibility index (Phi) is 6.69. The average molecular weight is 755 g/mol. The molecular formula is C51H31N3S2. The Morgan fingerprint density at radius 3 is 1.55 bits per heavy atom. The maximum atomic E-state index is 8.82. The summed E-state index contributed by atoms with van der Waals surface area (Å²) in [5, 5.41) is 4.81. The van der Waals surface area contributed by atoms with Gasteiger partial charge in [-0.15, -0.1) is 22.7 Å². The van der Waals surface area contributed by atoms with Gasteiger partial charge in [0, 0.05) is 57.0 Å². The van der Waals surface area contributed by atoms with Crippen molar-refractivity contribution in [3.63, 3.8) is 0 Å². The molecule has 0 bridgehead atoms. The number of thiophene rings is 2. The second-order valence-electron chi connectivity index (χ2n) is 13.6. The van der Waals surface area contributed by atoms with Crippen molar-refractivity contribution in [2.45, 2.75) is 0 Å². The highest BCUT2D eigenvalue weighted by Gasteiger charge is 2.19. The van der Waals surface area contributed by atoms with Gasteiger partial charge in [-0.2, -0.15) is 0 Å². The lowest BCUT2D eigenvalue weighted by Gasteiger charge is -2.13. The van der Waals surface area contributed by atoms with E-state index in [1.807, 2.05) is 59.9 Å². The summed E-state index contributed by atoms with van der Waals surface area (Å²) in [4.78, 5) is 15.3. The predicted octanol–water partition coefficient (Wildman–Crippen LogP) is 14.6. The van der Waals surface area contributed by atoms with Gasteiger partial charge in [-0.25, -0.2) is 15.0 Å². The van der Waals surface area contributed by atoms with E-state index >= 15 is 0 Å². The van der Waals surface area contributed by atoms with E-state index in [9.17, 15) is 0 Å². The molecule has 0 unspecified atom stereocenters. The van der Waals surface area contributed by atoms with Crippen LogP contribution in [0.5, 0.6) is 0 Å². The minimum absolute atomic E-state index is 0.0897. The van der Waals surface area contributed by atoms with Gasteiger partial charge >= 0.3 is 0 Å². The third kappa shape index (κ3) is 5.60. The Bertz CT molecular complexity index is 3530. The summed E-state index contributed by atoms with van der Waals surface area (Å²) in [6, 6.07) is 51.9. The molecule has 0 radical (unpaired) electrons. The van der Waals surface area contributed by atoms with Gasteiger partial charge in [0.1, 0.15) is 0 Å². The SMILES string of the molecule is [2H]c1c([2H])c([2H])c(-c2ccccc2-c2nc(-c3ccc(-c4cccc(-c5cccc6c5sc5ccccc56)c4)cc3)nc(-c3cccc4c3sc3ccccc34)n2)c([2H])c1[2H]. The van der Waals surface area contributed by atoms with Crippen molar-refractivity contribution in [3.8, 4) is 67.5 Å². The molecule has 0 saturated heterocycles. The van der Waals surface area contributed by atoms with E-state index in [1.54, 1.807) is 23.5 Å². The summed E-state index contributed by atoms with van der Waals surface area (Å²) in [5.41, 5.74) is 7.18. The first-order valence-electron chi connectivity index (χ1n) is 20.8. The molecule has 3 nitrogen and oxygen atoms in total. The Morgan fingerprint density at radius 1 is 0.339 bits per heavy atom. The van der Waals surface area contributed by atoms with Crippen LogP contribution in [0.1, 0.15) is 6.85 Å². The van der Waals surface area contributed by atoms with Crippen molar-refractivity contribution in [2.24, 2.45) is 0 Å². The summed E-state index contributed by atoms with van der Waals surface area (Å²) in [6.07, 6.45) is 0. The molecule has 0 saturated carbocycles. The van der Waals surface area contributed by atoms with Gasteiger partial charge in [0.2, 0.25) is 0 Å². The van der Waals surface area contributed by atoms with Gasteiger partial charge in [-0.05, 0) is 57.6 Å². The van der Waals surface area contributed by atoms with Crippen molar-refractivity contribution in [2.75, 3.05) is 0 Å². The zero-order chi connectivity index (χ0) is 41.4. The van der Waals surface area contributed by atoms with Gasteiger partial charge in [-0.3, -0.25) is 0 Å². The highest BCUT2D eigenvalue weighted by Crippen LogP contribution is 2.42. The van der Waals surface area contributed by atoms with E-state index in [4.69, 9.17) is 21.8 Å². The van der Waals surface area contributed by atoms with Crippen LogP contribution in [0.15, 0.2) is 188 Å². The molecule has 0 aliphatic heterocycles. The highest BCUT2D eigenvalue weighted by molar-refractivity contribution is 7.26. The molecule has 3 heterocycles. The number of fused-ring (bicyclic) bond motifs is 6. The summed E-state index contributed by atoms with van der Waals surface area (Å²) < 4.78 is 47.4. The minimum atomic E-state index is -0.443. The van der Waals surface area contributed by atoms with E-state index in [-0.39, 0.29) is 17.6 Å². The summed E-state index contributed by atoms with van der Waals surface area (Å²) in [5.74, 6) is 1.25. The van der Waals surface area contributed by atoms with Crippen LogP contribution in [-0.4, -0.2) is 15.0 Å². The Morgan fingerprint density at radius 2 is 0.839 bits per heavy atom. The van der Waals surface area contributed by atoms with Gasteiger partial charge in [0.15, 0.2) is 17.5 Å². The molecule has 0 aliphatic rings. The quantitative estimate of drug-likeness (QED) is 0.170. The smallest absolute Gasteiger partial charge is 0.165 e. The molecule has 262 valence electrons. The molecule has 0 N–H and O–H groups in total. The van der Waals surface area contributed by atoms with E-state index in [1.165, 1.54) is 25.7 Å². The molecule has 0 atom stereocenters. The van der Waals surface area contributed by atoms with Crippen LogP contribution < -0.4 is 0 Å². The number of nitrogens with zero attached hydrogens (tertiary/aromatic N) is 3. The zero-order valence-electron chi connectivity index (χ0n) is 34.7. The molecule has 0 fully saturated rings. The fourth-order valence-electron chi connectivity index (χ4n) is 7.60. The first-order valence-corrected chi connectivity index (χ1v) is 19.9. The van der Waals surface area contributed by atoms with E-state index in [2.05, 4.69) is 97.1 Å². The third-order valence-electron chi connectivity index (χ3n) is 10.3. The molecule has 11 rings (SSSR count). The van der Waals surface area contributed by atoms with Crippen LogP contribution in [0, 0.1) is 0 Å². The molecule has 0 amide bonds. The summed E-state index contributed by atoms with van der Waals surface area (Å²) >= 11 is 3.51. The molecule has 8 aromatic carbocycles. The lowest BCUT2D eigenvalue weighted by molar-refractivity contribution is 1.08. The number of benzene rings is 8. The third-order valence-corrected chi connectivity index (χ3v) is 12.7. The van der Waals surface area contributed by atoms with Crippen LogP contribution in [0.3, 0.4) is 0 Å². The van der Waals surface area contributed by atoms with Gasteiger partial charge < -0.3 is 0 Å². The van der Waals surface area contributed by atoms with Crippen molar-refractivity contribution in [3.05, 3.63) is 188 Å². The standard InChI is InChI=1S/C51H31N3S2/c1-2-13-33(14-3-1)37-17-4-5-20-43(37)50-52-49(53-51(54-50)44-24-12-23-42-40-19-7-9-26-46(40)56-48(42)44)34-29-27-32(28-30-34)35-15-10-16-36(31-35)38-21-11-22-41-39-18-6-8-25-45(39)55-47(38)41/h1-31H/i1D,2D,3D,13D,14D. The largest absolute Gasteiger partial charge is 0.208 e. The molecule has 5 heteroatoms. The van der Waals surface area contributed by atoms with Crippen LogP contribution in [0.2, 0.25) is 0 Å². The summed E-state index contributed by atoms with van der Waals surface area (Å²) in [7, 11) is 0. The topological polar surface area (TPSA) is 38.7 Å². The Labute approximate surface area is 338 Å². The van der Waals surface area contributed by atoms with Gasteiger partial charge in [0.25, 0.3) is 0 Å². The molecule has 0 aliphatic carbocycles. The van der Waals surface area contributed by atoms with Crippen LogP contribution >= 0.6 is 22.7 Å². The second-order valence-corrected chi connectivity index (χ2v) is 15.7. The lowest BCUT2D eigenvalue weighted by Crippen LogP contribution is -2.01. The van der Waals surface area contributed by atoms with Gasteiger partial charge in [-0.1, -0.05) is 164 Å². The molecule has 11 aromatic rings. The monoisotopic (exact) mass is 754 g/mol. The maximum absolute atomic E-state index is 8.82. The maximum Gasteiger partial charge on any atom is 0.165 e. The lowest BCUT2D eigenvalue weighted by atomic mass is 9.97. The number of rotatable bonds is 6. The minimum Gasteiger partial charge on any atom is -0.208 e. The average Bonchev–Trinajstić information content (AvgIpc) is 3.89. The van der Waals surface area contributed by atoms with Crippen molar-refractivity contribution < 1.29 is 6.85 Å². The van der Waals surface area contributed by atoms with Crippen LogP contribution in [-0.2, 0) is 0 Å². The second kappa shape index (κ2) is 13.5. The van der Waals surface area contributed by atoms with Crippen LogP contribution in [0.25, 0.3) is 108 Å². The number of hydrogen-bond acceptors (Lipinski definition) is 5. The van der Waals surface area contributed by atoms with Gasteiger partial charge in [0.05, 0.1) is 6.85 Å². The predicted molar refractivity (Wildman–Crippen MR) is 238 cm³/mol. The fraction of sp³-hybridized carbons (Fsp3) is 0. The number of hydrogen-bond donors (Lipinski definition) is 0. The fourth-order valence-corrected chi connectivity index (χ4v) is 10.1. The molecule has 56 heavy (non-hydrogen) atoms. The first kappa shape index (κ1) is 27.7. The van der Waals surface area contributed by atoms with Crippen molar-refractivity contribution in [1.29, 1.82) is 0 Å². The van der Waals surface area contributed by atoms with Crippen molar-refractivity contribution >= 4 is 63.0 Å². The van der Waals surface area contributed by atoms with E-state index < -0.39 is 18.1 Å².